The minimum Gasteiger partial charge on any atom is -0.391 e. The SMILES string of the molecule is CCC(O)CNC(=O)c1cn(CCOC)cc(C(=O)NCC2(c3ccccc3)CCCC2)c1=O. The van der Waals surface area contributed by atoms with Gasteiger partial charge in [-0.05, 0) is 24.8 Å². The maximum absolute atomic E-state index is 13.2. The Morgan fingerprint density at radius 2 is 1.71 bits per heavy atom. The van der Waals surface area contributed by atoms with Crippen LogP contribution in [-0.2, 0) is 16.7 Å². The molecule has 0 aliphatic heterocycles. The van der Waals surface area contributed by atoms with E-state index in [0.29, 0.717) is 26.1 Å². The van der Waals surface area contributed by atoms with Crippen LogP contribution in [0.2, 0.25) is 0 Å². The van der Waals surface area contributed by atoms with Crippen molar-refractivity contribution in [3.8, 4) is 0 Å². The molecule has 1 unspecified atom stereocenters. The lowest BCUT2D eigenvalue weighted by Crippen LogP contribution is -2.42. The summed E-state index contributed by atoms with van der Waals surface area (Å²) < 4.78 is 6.73. The molecule has 2 amide bonds. The lowest BCUT2D eigenvalue weighted by molar-refractivity contribution is 0.0911. The molecule has 8 heteroatoms. The summed E-state index contributed by atoms with van der Waals surface area (Å²) >= 11 is 0. The number of aliphatic hydroxyl groups is 1. The van der Waals surface area contributed by atoms with Crippen molar-refractivity contribution in [1.29, 1.82) is 0 Å². The summed E-state index contributed by atoms with van der Waals surface area (Å²) in [6.07, 6.45) is 6.79. The Kier molecular flexibility index (Phi) is 9.01. The fourth-order valence-electron chi connectivity index (χ4n) is 4.49. The Labute approximate surface area is 200 Å². The molecule has 2 aromatic rings. The standard InChI is InChI=1S/C26H35N3O5/c1-3-20(30)15-27-24(32)21-16-29(13-14-34-2)17-22(23(21)31)25(33)28-18-26(11-7-8-12-26)19-9-5-4-6-10-19/h4-6,9-10,16-17,20,30H,3,7-8,11-15,18H2,1-2H3,(H,27,32)(H,28,33). The first-order valence-corrected chi connectivity index (χ1v) is 11.9. The number of amides is 2. The number of aliphatic hydroxyl groups excluding tert-OH is 1. The van der Waals surface area contributed by atoms with Gasteiger partial charge < -0.3 is 25.0 Å². The lowest BCUT2D eigenvalue weighted by atomic mass is 9.79. The molecule has 3 rings (SSSR count). The van der Waals surface area contributed by atoms with Crippen LogP contribution in [0.15, 0.2) is 47.5 Å². The first-order valence-electron chi connectivity index (χ1n) is 11.9. The van der Waals surface area contributed by atoms with Gasteiger partial charge in [0.1, 0.15) is 11.1 Å². The van der Waals surface area contributed by atoms with Crippen LogP contribution < -0.4 is 16.1 Å². The molecule has 1 aromatic heterocycles. The van der Waals surface area contributed by atoms with E-state index in [0.717, 1.165) is 25.7 Å². The maximum atomic E-state index is 13.2. The fourth-order valence-corrected chi connectivity index (χ4v) is 4.49. The number of carbonyl (C=O) groups is 2. The van der Waals surface area contributed by atoms with Crippen LogP contribution in [-0.4, -0.2) is 54.4 Å². The van der Waals surface area contributed by atoms with E-state index >= 15 is 0 Å². The van der Waals surface area contributed by atoms with E-state index in [9.17, 15) is 19.5 Å². The van der Waals surface area contributed by atoms with Gasteiger partial charge in [-0.25, -0.2) is 0 Å². The largest absolute Gasteiger partial charge is 0.391 e. The average molecular weight is 470 g/mol. The van der Waals surface area contributed by atoms with Crippen molar-refractivity contribution in [1.82, 2.24) is 15.2 Å². The third-order valence-corrected chi connectivity index (χ3v) is 6.63. The third-order valence-electron chi connectivity index (χ3n) is 6.63. The first kappa shape index (κ1) is 25.6. The van der Waals surface area contributed by atoms with Crippen LogP contribution in [0, 0.1) is 0 Å². The van der Waals surface area contributed by atoms with Gasteiger partial charge in [0.05, 0.1) is 12.7 Å². The summed E-state index contributed by atoms with van der Waals surface area (Å²) in [6, 6.07) is 10.2. The highest BCUT2D eigenvalue weighted by molar-refractivity contribution is 5.99. The summed E-state index contributed by atoms with van der Waals surface area (Å²) in [5, 5.41) is 15.3. The number of ether oxygens (including phenoxy) is 1. The third kappa shape index (κ3) is 6.12. The fraction of sp³-hybridized carbons (Fsp3) is 0.500. The molecule has 184 valence electrons. The van der Waals surface area contributed by atoms with Gasteiger partial charge in [0.2, 0.25) is 5.43 Å². The predicted octanol–water partition coefficient (Wildman–Crippen LogP) is 2.24. The molecule has 8 nitrogen and oxygen atoms in total. The van der Waals surface area contributed by atoms with Gasteiger partial charge in [-0.3, -0.25) is 14.4 Å². The Hall–Kier alpha value is -2.97. The van der Waals surface area contributed by atoms with E-state index < -0.39 is 23.3 Å². The van der Waals surface area contributed by atoms with Crippen molar-refractivity contribution >= 4 is 11.8 Å². The molecule has 0 radical (unpaired) electrons. The van der Waals surface area contributed by atoms with Gasteiger partial charge >= 0.3 is 0 Å². The maximum Gasteiger partial charge on any atom is 0.256 e. The van der Waals surface area contributed by atoms with Crippen molar-refractivity contribution in [2.45, 2.75) is 57.1 Å². The quantitative estimate of drug-likeness (QED) is 0.468. The van der Waals surface area contributed by atoms with Crippen molar-refractivity contribution in [3.05, 3.63) is 69.6 Å². The Balaban J connectivity index is 1.84. The zero-order valence-electron chi connectivity index (χ0n) is 20.0. The van der Waals surface area contributed by atoms with Crippen LogP contribution in [0.1, 0.15) is 65.3 Å². The summed E-state index contributed by atoms with van der Waals surface area (Å²) in [5.41, 5.74) is 0.187. The van der Waals surface area contributed by atoms with Gasteiger partial charge in [0.15, 0.2) is 0 Å². The number of nitrogens with zero attached hydrogens (tertiary/aromatic N) is 1. The molecule has 1 atom stereocenters. The van der Waals surface area contributed by atoms with Crippen molar-refractivity contribution in [3.63, 3.8) is 0 Å². The van der Waals surface area contributed by atoms with Gasteiger partial charge in [0.25, 0.3) is 11.8 Å². The van der Waals surface area contributed by atoms with Crippen molar-refractivity contribution in [2.24, 2.45) is 0 Å². The first-order chi connectivity index (χ1) is 16.4. The zero-order chi connectivity index (χ0) is 24.6. The summed E-state index contributed by atoms with van der Waals surface area (Å²) in [7, 11) is 1.56. The molecule has 34 heavy (non-hydrogen) atoms. The minimum absolute atomic E-state index is 0.0306. The topological polar surface area (TPSA) is 110 Å². The van der Waals surface area contributed by atoms with E-state index in [1.807, 2.05) is 18.2 Å². The monoisotopic (exact) mass is 469 g/mol. The highest BCUT2D eigenvalue weighted by atomic mass is 16.5. The lowest BCUT2D eigenvalue weighted by Gasteiger charge is -2.30. The zero-order valence-corrected chi connectivity index (χ0v) is 20.0. The van der Waals surface area contributed by atoms with Gasteiger partial charge in [0, 0.05) is 44.6 Å². The number of rotatable bonds is 11. The smallest absolute Gasteiger partial charge is 0.256 e. The molecule has 3 N–H and O–H groups in total. The molecular formula is C26H35N3O5. The number of benzene rings is 1. The normalized spacial score (nSPS) is 15.6. The molecular weight excluding hydrogens is 434 g/mol. The highest BCUT2D eigenvalue weighted by Crippen LogP contribution is 2.40. The molecule has 0 saturated heterocycles. The predicted molar refractivity (Wildman–Crippen MR) is 130 cm³/mol. The molecule has 1 aliphatic rings. The number of aromatic nitrogens is 1. The van der Waals surface area contributed by atoms with Crippen LogP contribution in [0.3, 0.4) is 0 Å². The van der Waals surface area contributed by atoms with Crippen molar-refractivity contribution in [2.75, 3.05) is 26.8 Å². The van der Waals surface area contributed by atoms with Gasteiger partial charge in [-0.2, -0.15) is 0 Å². The van der Waals surface area contributed by atoms with E-state index in [4.69, 9.17) is 4.74 Å². The van der Waals surface area contributed by atoms with Crippen LogP contribution in [0.25, 0.3) is 0 Å². The van der Waals surface area contributed by atoms with E-state index in [2.05, 4.69) is 22.8 Å². The minimum atomic E-state index is -0.702. The molecule has 1 fully saturated rings. The summed E-state index contributed by atoms with van der Waals surface area (Å²) in [6.45, 7) is 2.99. The van der Waals surface area contributed by atoms with Crippen LogP contribution in [0.4, 0.5) is 0 Å². The van der Waals surface area contributed by atoms with Gasteiger partial charge in [-0.1, -0.05) is 50.1 Å². The van der Waals surface area contributed by atoms with Gasteiger partial charge in [-0.15, -0.1) is 0 Å². The van der Waals surface area contributed by atoms with Crippen LogP contribution in [0.5, 0.6) is 0 Å². The van der Waals surface area contributed by atoms with E-state index in [-0.39, 0.29) is 23.1 Å². The number of methoxy groups -OCH3 is 1. The Bertz CT molecular complexity index is 1030. The molecule has 0 spiro atoms. The number of hydrogen-bond acceptors (Lipinski definition) is 5. The summed E-state index contributed by atoms with van der Waals surface area (Å²) in [4.78, 5) is 39.0. The summed E-state index contributed by atoms with van der Waals surface area (Å²) in [5.74, 6) is -1.11. The second-order valence-corrected chi connectivity index (χ2v) is 8.95. The second kappa shape index (κ2) is 11.9. The number of hydrogen-bond donors (Lipinski definition) is 3. The second-order valence-electron chi connectivity index (χ2n) is 8.95. The Morgan fingerprint density at radius 1 is 1.09 bits per heavy atom. The van der Waals surface area contributed by atoms with Crippen molar-refractivity contribution < 1.29 is 19.4 Å². The Morgan fingerprint density at radius 3 is 2.29 bits per heavy atom. The molecule has 1 aromatic carbocycles. The number of carbonyl (C=O) groups excluding carboxylic acids is 2. The number of nitrogens with one attached hydrogen (secondary N) is 2. The van der Waals surface area contributed by atoms with E-state index in [1.54, 1.807) is 18.6 Å². The van der Waals surface area contributed by atoms with E-state index in [1.165, 1.54) is 18.0 Å². The number of pyridine rings is 1. The molecule has 1 heterocycles. The molecule has 0 bridgehead atoms. The molecule has 1 aliphatic carbocycles. The molecule has 1 saturated carbocycles. The van der Waals surface area contributed by atoms with Crippen LogP contribution >= 0.6 is 0 Å². The average Bonchev–Trinajstić information content (AvgIpc) is 3.35. The highest BCUT2D eigenvalue weighted by Gasteiger charge is 2.36.